The Morgan fingerprint density at radius 3 is 2.18 bits per heavy atom. The molecule has 1 aromatic carbocycles. The SMILES string of the molecule is COC(=O)c1c(Oc2ccc(OC(F)(F)F)cc2C)nnc(C(F)(F)F)c1C. The summed E-state index contributed by atoms with van der Waals surface area (Å²) in [6.45, 7) is 2.35. The van der Waals surface area contributed by atoms with E-state index in [0.717, 1.165) is 32.2 Å². The number of esters is 1. The summed E-state index contributed by atoms with van der Waals surface area (Å²) < 4.78 is 89.3. The summed E-state index contributed by atoms with van der Waals surface area (Å²) in [5.41, 5.74) is -2.44. The Morgan fingerprint density at radius 2 is 1.68 bits per heavy atom. The van der Waals surface area contributed by atoms with Gasteiger partial charge in [-0.3, -0.25) is 0 Å². The number of hydrogen-bond donors (Lipinski definition) is 0. The van der Waals surface area contributed by atoms with E-state index in [1.807, 2.05) is 0 Å². The molecule has 0 aliphatic heterocycles. The Kier molecular flexibility index (Phi) is 5.71. The molecule has 0 atom stereocenters. The number of aromatic nitrogens is 2. The molecule has 2 aromatic rings. The molecule has 0 aliphatic rings. The molecule has 0 unspecified atom stereocenters. The maximum absolute atomic E-state index is 13.0. The highest BCUT2D eigenvalue weighted by Crippen LogP contribution is 2.36. The molecular formula is C16H12F6N2O4. The first-order valence-corrected chi connectivity index (χ1v) is 7.40. The fraction of sp³-hybridized carbons (Fsp3) is 0.312. The molecule has 0 bridgehead atoms. The lowest BCUT2D eigenvalue weighted by Gasteiger charge is -2.16. The largest absolute Gasteiger partial charge is 0.573 e. The molecule has 0 spiro atoms. The summed E-state index contributed by atoms with van der Waals surface area (Å²) in [7, 11) is 0.952. The molecule has 0 N–H and O–H groups in total. The number of benzene rings is 1. The topological polar surface area (TPSA) is 70.5 Å². The van der Waals surface area contributed by atoms with Gasteiger partial charge in [-0.1, -0.05) is 0 Å². The average molecular weight is 410 g/mol. The molecule has 0 radical (unpaired) electrons. The predicted molar refractivity (Wildman–Crippen MR) is 81.0 cm³/mol. The van der Waals surface area contributed by atoms with E-state index < -0.39 is 47.0 Å². The fourth-order valence-electron chi connectivity index (χ4n) is 2.22. The van der Waals surface area contributed by atoms with Crippen LogP contribution >= 0.6 is 0 Å². The Morgan fingerprint density at radius 1 is 1.04 bits per heavy atom. The van der Waals surface area contributed by atoms with Gasteiger partial charge in [0.25, 0.3) is 5.88 Å². The van der Waals surface area contributed by atoms with Crippen molar-refractivity contribution in [3.8, 4) is 17.4 Å². The third-order valence-electron chi connectivity index (χ3n) is 3.43. The van der Waals surface area contributed by atoms with Crippen LogP contribution in [-0.2, 0) is 10.9 Å². The number of rotatable bonds is 4. The fourth-order valence-corrected chi connectivity index (χ4v) is 2.22. The molecule has 12 heteroatoms. The molecular weight excluding hydrogens is 398 g/mol. The summed E-state index contributed by atoms with van der Waals surface area (Å²) in [4.78, 5) is 11.9. The standard InChI is InChI=1S/C16H12F6N2O4/c1-7-6-9(28-16(20,21)22)4-5-10(7)27-13-11(14(25)26-3)8(2)12(23-24-13)15(17,18)19/h4-6H,1-3H3. The van der Waals surface area contributed by atoms with Crippen LogP contribution in [0, 0.1) is 13.8 Å². The molecule has 1 heterocycles. The Bertz CT molecular complexity index is 896. The number of carbonyl (C=O) groups is 1. The third-order valence-corrected chi connectivity index (χ3v) is 3.43. The zero-order chi connectivity index (χ0) is 21.3. The van der Waals surface area contributed by atoms with Crippen LogP contribution in [0.4, 0.5) is 26.3 Å². The van der Waals surface area contributed by atoms with Crippen molar-refractivity contribution >= 4 is 5.97 Å². The third kappa shape index (κ3) is 4.81. The zero-order valence-corrected chi connectivity index (χ0v) is 14.5. The Labute approximate surface area is 154 Å². The second-order valence-electron chi connectivity index (χ2n) is 5.42. The predicted octanol–water partition coefficient (Wildman–Crippen LogP) is 4.59. The Hall–Kier alpha value is -3.05. The normalized spacial score (nSPS) is 11.9. The molecule has 0 amide bonds. The van der Waals surface area contributed by atoms with Gasteiger partial charge in [0, 0.05) is 5.56 Å². The first-order valence-electron chi connectivity index (χ1n) is 7.40. The lowest BCUT2D eigenvalue weighted by molar-refractivity contribution is -0.274. The van der Waals surface area contributed by atoms with Crippen molar-refractivity contribution in [3.63, 3.8) is 0 Å². The van der Waals surface area contributed by atoms with Crippen molar-refractivity contribution in [2.75, 3.05) is 7.11 Å². The van der Waals surface area contributed by atoms with Crippen molar-refractivity contribution in [2.24, 2.45) is 0 Å². The maximum Gasteiger partial charge on any atom is 0.573 e. The van der Waals surface area contributed by atoms with E-state index in [0.29, 0.717) is 0 Å². The smallest absolute Gasteiger partial charge is 0.465 e. The average Bonchev–Trinajstić information content (AvgIpc) is 2.54. The molecule has 0 aliphatic carbocycles. The number of methoxy groups -OCH3 is 1. The number of halogens is 6. The highest BCUT2D eigenvalue weighted by Gasteiger charge is 2.38. The van der Waals surface area contributed by atoms with Gasteiger partial charge in [-0.25, -0.2) is 4.79 Å². The van der Waals surface area contributed by atoms with Crippen LogP contribution in [0.5, 0.6) is 17.4 Å². The van der Waals surface area contributed by atoms with Gasteiger partial charge in [0.1, 0.15) is 17.1 Å². The van der Waals surface area contributed by atoms with Gasteiger partial charge in [0.15, 0.2) is 5.69 Å². The first kappa shape index (κ1) is 21.3. The number of carbonyl (C=O) groups excluding carboxylic acids is 1. The summed E-state index contributed by atoms with van der Waals surface area (Å²) in [6.07, 6.45) is -9.77. The highest BCUT2D eigenvalue weighted by molar-refractivity contribution is 5.93. The van der Waals surface area contributed by atoms with Gasteiger partial charge >= 0.3 is 18.5 Å². The van der Waals surface area contributed by atoms with Gasteiger partial charge < -0.3 is 14.2 Å². The molecule has 0 fully saturated rings. The Balaban J connectivity index is 2.46. The molecule has 2 rings (SSSR count). The molecule has 0 saturated carbocycles. The summed E-state index contributed by atoms with van der Waals surface area (Å²) >= 11 is 0. The lowest BCUT2D eigenvalue weighted by Crippen LogP contribution is -2.18. The van der Waals surface area contributed by atoms with E-state index in [1.54, 1.807) is 0 Å². The van der Waals surface area contributed by atoms with E-state index >= 15 is 0 Å². The van der Waals surface area contributed by atoms with Crippen molar-refractivity contribution in [1.82, 2.24) is 10.2 Å². The van der Waals surface area contributed by atoms with E-state index in [2.05, 4.69) is 19.7 Å². The molecule has 152 valence electrons. The molecule has 28 heavy (non-hydrogen) atoms. The van der Waals surface area contributed by atoms with E-state index in [9.17, 15) is 31.1 Å². The van der Waals surface area contributed by atoms with Gasteiger partial charge in [-0.15, -0.1) is 23.4 Å². The van der Waals surface area contributed by atoms with Crippen LogP contribution in [0.15, 0.2) is 18.2 Å². The number of nitrogens with zero attached hydrogens (tertiary/aromatic N) is 2. The number of ether oxygens (including phenoxy) is 3. The molecule has 0 saturated heterocycles. The van der Waals surface area contributed by atoms with Crippen molar-refractivity contribution in [1.29, 1.82) is 0 Å². The van der Waals surface area contributed by atoms with Gasteiger partial charge in [-0.2, -0.15) is 13.2 Å². The second kappa shape index (κ2) is 7.52. The number of aryl methyl sites for hydroxylation is 1. The minimum Gasteiger partial charge on any atom is -0.465 e. The second-order valence-corrected chi connectivity index (χ2v) is 5.42. The van der Waals surface area contributed by atoms with Crippen LogP contribution in [0.1, 0.15) is 27.2 Å². The van der Waals surface area contributed by atoms with Gasteiger partial charge in [0.2, 0.25) is 0 Å². The summed E-state index contributed by atoms with van der Waals surface area (Å²) in [5.74, 6) is -2.35. The van der Waals surface area contributed by atoms with Crippen molar-refractivity contribution in [3.05, 3.63) is 40.6 Å². The first-order chi connectivity index (χ1) is 12.8. The summed E-state index contributed by atoms with van der Waals surface area (Å²) in [5, 5.41) is 6.33. The minimum absolute atomic E-state index is 0.0758. The number of alkyl halides is 6. The highest BCUT2D eigenvalue weighted by atomic mass is 19.4. The van der Waals surface area contributed by atoms with E-state index in [4.69, 9.17) is 4.74 Å². The van der Waals surface area contributed by atoms with Crippen molar-refractivity contribution < 1.29 is 45.3 Å². The zero-order valence-electron chi connectivity index (χ0n) is 14.5. The maximum atomic E-state index is 13.0. The summed E-state index contributed by atoms with van der Waals surface area (Å²) in [6, 6.07) is 3.00. The van der Waals surface area contributed by atoms with Crippen LogP contribution in [0.2, 0.25) is 0 Å². The number of hydrogen-bond acceptors (Lipinski definition) is 6. The monoisotopic (exact) mass is 410 g/mol. The van der Waals surface area contributed by atoms with E-state index in [1.165, 1.54) is 6.92 Å². The minimum atomic E-state index is -4.90. The lowest BCUT2D eigenvalue weighted by atomic mass is 10.1. The van der Waals surface area contributed by atoms with Crippen LogP contribution < -0.4 is 9.47 Å². The van der Waals surface area contributed by atoms with Gasteiger partial charge in [0.05, 0.1) is 7.11 Å². The van der Waals surface area contributed by atoms with Crippen LogP contribution in [0.3, 0.4) is 0 Å². The molecule has 6 nitrogen and oxygen atoms in total. The van der Waals surface area contributed by atoms with Crippen LogP contribution in [-0.4, -0.2) is 29.6 Å². The van der Waals surface area contributed by atoms with Gasteiger partial charge in [-0.05, 0) is 37.6 Å². The van der Waals surface area contributed by atoms with Crippen molar-refractivity contribution in [2.45, 2.75) is 26.4 Å². The van der Waals surface area contributed by atoms with Crippen LogP contribution in [0.25, 0.3) is 0 Å². The van der Waals surface area contributed by atoms with E-state index in [-0.39, 0.29) is 11.3 Å². The molecule has 1 aromatic heterocycles. The quantitative estimate of drug-likeness (QED) is 0.543.